The van der Waals surface area contributed by atoms with Gasteiger partial charge < -0.3 is 15.8 Å². The molecule has 0 spiro atoms. The monoisotopic (exact) mass is 282 g/mol. The Bertz CT molecular complexity index is 332. The van der Waals surface area contributed by atoms with Gasteiger partial charge in [-0.3, -0.25) is 4.79 Å². The summed E-state index contributed by atoms with van der Waals surface area (Å²) in [6.07, 6.45) is 9.45. The lowest BCUT2D eigenvalue weighted by molar-refractivity contribution is -0.151. The zero-order chi connectivity index (χ0) is 14.4. The summed E-state index contributed by atoms with van der Waals surface area (Å²) in [5.74, 6) is 0.526. The van der Waals surface area contributed by atoms with Gasteiger partial charge in [0.2, 0.25) is 0 Å². The van der Waals surface area contributed by atoms with Crippen molar-refractivity contribution in [2.75, 3.05) is 6.61 Å². The fourth-order valence-corrected chi connectivity index (χ4v) is 3.35. The second-order valence-electron chi connectivity index (χ2n) is 6.19. The van der Waals surface area contributed by atoms with Crippen LogP contribution in [0.2, 0.25) is 0 Å². The molecule has 2 amide bonds. The Morgan fingerprint density at radius 1 is 1.00 bits per heavy atom. The minimum atomic E-state index is -0.478. The topological polar surface area (TPSA) is 81.4 Å². The van der Waals surface area contributed by atoms with Crippen LogP contribution in [0.5, 0.6) is 0 Å². The Hall–Kier alpha value is -1.26. The van der Waals surface area contributed by atoms with Crippen LogP contribution >= 0.6 is 0 Å². The van der Waals surface area contributed by atoms with Crippen LogP contribution in [0.25, 0.3) is 0 Å². The SMILES string of the molecule is NC(=O)NC1CCC(C(=O)OCC2CCCCC2)CC1. The smallest absolute Gasteiger partial charge is 0.312 e. The second-order valence-corrected chi connectivity index (χ2v) is 6.19. The minimum absolute atomic E-state index is 0.00418. The van der Waals surface area contributed by atoms with Gasteiger partial charge in [0.15, 0.2) is 0 Å². The molecule has 2 saturated carbocycles. The Morgan fingerprint density at radius 2 is 1.65 bits per heavy atom. The summed E-state index contributed by atoms with van der Waals surface area (Å²) in [7, 11) is 0. The Kier molecular flexibility index (Phi) is 5.68. The molecule has 2 fully saturated rings. The van der Waals surface area contributed by atoms with E-state index in [0.717, 1.165) is 25.7 Å². The molecule has 0 aliphatic heterocycles. The molecule has 0 bridgehead atoms. The highest BCUT2D eigenvalue weighted by molar-refractivity contribution is 5.73. The van der Waals surface area contributed by atoms with Crippen LogP contribution in [0.1, 0.15) is 57.8 Å². The van der Waals surface area contributed by atoms with E-state index in [1.165, 1.54) is 32.1 Å². The van der Waals surface area contributed by atoms with Crippen LogP contribution in [0.4, 0.5) is 4.79 Å². The van der Waals surface area contributed by atoms with Crippen molar-refractivity contribution >= 4 is 12.0 Å². The fraction of sp³-hybridized carbons (Fsp3) is 0.867. The first kappa shape index (κ1) is 15.1. The fourth-order valence-electron chi connectivity index (χ4n) is 3.35. The number of amides is 2. The van der Waals surface area contributed by atoms with E-state index in [4.69, 9.17) is 10.5 Å². The normalized spacial score (nSPS) is 27.8. The number of primary amides is 1. The van der Waals surface area contributed by atoms with Crippen molar-refractivity contribution in [2.45, 2.75) is 63.8 Å². The lowest BCUT2D eigenvalue weighted by Gasteiger charge is -2.28. The van der Waals surface area contributed by atoms with E-state index < -0.39 is 6.03 Å². The molecule has 20 heavy (non-hydrogen) atoms. The van der Waals surface area contributed by atoms with E-state index in [0.29, 0.717) is 12.5 Å². The highest BCUT2D eigenvalue weighted by Gasteiger charge is 2.28. The Balaban J connectivity index is 1.65. The van der Waals surface area contributed by atoms with Gasteiger partial charge in [0.05, 0.1) is 12.5 Å². The summed E-state index contributed by atoms with van der Waals surface area (Å²) >= 11 is 0. The summed E-state index contributed by atoms with van der Waals surface area (Å²) in [5, 5.41) is 2.71. The summed E-state index contributed by atoms with van der Waals surface area (Å²) in [4.78, 5) is 22.8. The van der Waals surface area contributed by atoms with Crippen LogP contribution in [-0.2, 0) is 9.53 Å². The molecule has 2 aliphatic rings. The van der Waals surface area contributed by atoms with Gasteiger partial charge in [-0.15, -0.1) is 0 Å². The number of ether oxygens (including phenoxy) is 1. The quantitative estimate of drug-likeness (QED) is 0.776. The van der Waals surface area contributed by atoms with E-state index in [-0.39, 0.29) is 17.9 Å². The van der Waals surface area contributed by atoms with Crippen LogP contribution in [0.3, 0.4) is 0 Å². The number of nitrogens with one attached hydrogen (secondary N) is 1. The number of urea groups is 1. The highest BCUT2D eigenvalue weighted by Crippen LogP contribution is 2.27. The van der Waals surface area contributed by atoms with Crippen molar-refractivity contribution in [1.29, 1.82) is 0 Å². The van der Waals surface area contributed by atoms with Gasteiger partial charge >= 0.3 is 12.0 Å². The first-order chi connectivity index (χ1) is 9.65. The van der Waals surface area contributed by atoms with Crippen LogP contribution in [0, 0.1) is 11.8 Å². The maximum absolute atomic E-state index is 12.0. The molecule has 0 aromatic heterocycles. The maximum atomic E-state index is 12.0. The lowest BCUT2D eigenvalue weighted by atomic mass is 9.86. The van der Waals surface area contributed by atoms with Crippen LogP contribution < -0.4 is 11.1 Å². The largest absolute Gasteiger partial charge is 0.465 e. The molecule has 5 nitrogen and oxygen atoms in total. The van der Waals surface area contributed by atoms with E-state index in [1.807, 2.05) is 0 Å². The van der Waals surface area contributed by atoms with Crippen LogP contribution in [-0.4, -0.2) is 24.6 Å². The number of hydrogen-bond donors (Lipinski definition) is 2. The average molecular weight is 282 g/mol. The third-order valence-corrected chi connectivity index (χ3v) is 4.59. The average Bonchev–Trinajstić information content (AvgIpc) is 2.46. The maximum Gasteiger partial charge on any atom is 0.312 e. The van der Waals surface area contributed by atoms with Crippen LogP contribution in [0.15, 0.2) is 0 Å². The molecule has 0 radical (unpaired) electrons. The number of carbonyl (C=O) groups excluding carboxylic acids is 2. The predicted octanol–water partition coefficient (Wildman–Crippen LogP) is 2.34. The molecular formula is C15H26N2O3. The van der Waals surface area contributed by atoms with Crippen molar-refractivity contribution in [2.24, 2.45) is 17.6 Å². The predicted molar refractivity (Wildman–Crippen MR) is 76.0 cm³/mol. The number of rotatable bonds is 4. The number of hydrogen-bond acceptors (Lipinski definition) is 3. The highest BCUT2D eigenvalue weighted by atomic mass is 16.5. The Morgan fingerprint density at radius 3 is 2.25 bits per heavy atom. The molecule has 2 aliphatic carbocycles. The molecule has 0 aromatic carbocycles. The lowest BCUT2D eigenvalue weighted by Crippen LogP contribution is -2.41. The molecule has 2 rings (SSSR count). The molecule has 0 unspecified atom stereocenters. The van der Waals surface area contributed by atoms with Crippen molar-refractivity contribution < 1.29 is 14.3 Å². The molecule has 0 atom stereocenters. The van der Waals surface area contributed by atoms with Gasteiger partial charge in [-0.05, 0) is 44.4 Å². The minimum Gasteiger partial charge on any atom is -0.465 e. The zero-order valence-corrected chi connectivity index (χ0v) is 12.1. The van der Waals surface area contributed by atoms with E-state index >= 15 is 0 Å². The first-order valence-electron chi connectivity index (χ1n) is 7.87. The number of esters is 1. The summed E-state index contributed by atoms with van der Waals surface area (Å²) in [6, 6.07) is -0.358. The van der Waals surface area contributed by atoms with Gasteiger partial charge in [0.1, 0.15) is 0 Å². The van der Waals surface area contributed by atoms with Gasteiger partial charge in [-0.2, -0.15) is 0 Å². The van der Waals surface area contributed by atoms with Gasteiger partial charge in [-0.25, -0.2) is 4.79 Å². The summed E-state index contributed by atoms with van der Waals surface area (Å²) < 4.78 is 5.49. The molecule has 114 valence electrons. The number of nitrogens with two attached hydrogens (primary N) is 1. The third-order valence-electron chi connectivity index (χ3n) is 4.59. The van der Waals surface area contributed by atoms with Crippen molar-refractivity contribution in [3.05, 3.63) is 0 Å². The summed E-state index contributed by atoms with van der Waals surface area (Å²) in [5.41, 5.74) is 5.11. The Labute approximate surface area is 120 Å². The molecule has 5 heteroatoms. The van der Waals surface area contributed by atoms with Crippen molar-refractivity contribution in [3.63, 3.8) is 0 Å². The third kappa shape index (κ3) is 4.69. The van der Waals surface area contributed by atoms with Gasteiger partial charge in [-0.1, -0.05) is 19.3 Å². The first-order valence-corrected chi connectivity index (χ1v) is 7.87. The summed E-state index contributed by atoms with van der Waals surface area (Å²) in [6.45, 7) is 0.596. The van der Waals surface area contributed by atoms with E-state index in [2.05, 4.69) is 5.32 Å². The van der Waals surface area contributed by atoms with E-state index in [9.17, 15) is 9.59 Å². The van der Waals surface area contributed by atoms with Gasteiger partial charge in [0, 0.05) is 6.04 Å². The van der Waals surface area contributed by atoms with Crippen molar-refractivity contribution in [3.8, 4) is 0 Å². The molecule has 0 saturated heterocycles. The molecule has 3 N–H and O–H groups in total. The zero-order valence-electron chi connectivity index (χ0n) is 12.1. The molecule has 0 aromatic rings. The van der Waals surface area contributed by atoms with Crippen molar-refractivity contribution in [1.82, 2.24) is 5.32 Å². The molecular weight excluding hydrogens is 256 g/mol. The number of carbonyl (C=O) groups is 2. The molecule has 0 heterocycles. The van der Waals surface area contributed by atoms with Gasteiger partial charge in [0.25, 0.3) is 0 Å². The standard InChI is InChI=1S/C15H26N2O3/c16-15(19)17-13-8-6-12(7-9-13)14(18)20-10-11-4-2-1-3-5-11/h11-13H,1-10H2,(H3,16,17,19). The second kappa shape index (κ2) is 7.50. The van der Waals surface area contributed by atoms with E-state index in [1.54, 1.807) is 0 Å².